The van der Waals surface area contributed by atoms with E-state index in [1.807, 2.05) is 24.3 Å². The summed E-state index contributed by atoms with van der Waals surface area (Å²) in [5.74, 6) is 0.633. The summed E-state index contributed by atoms with van der Waals surface area (Å²) in [5.41, 5.74) is 3.48. The summed E-state index contributed by atoms with van der Waals surface area (Å²) in [6, 6.07) is 10.00. The largest absolute Gasteiger partial charge is 0.309 e. The molecule has 19 heavy (non-hydrogen) atoms. The van der Waals surface area contributed by atoms with Gasteiger partial charge in [-0.25, -0.2) is 0 Å². The molecule has 0 bridgehead atoms. The van der Waals surface area contributed by atoms with E-state index in [9.17, 15) is 4.79 Å². The molecule has 0 saturated carbocycles. The first-order chi connectivity index (χ1) is 9.28. The molecule has 0 radical (unpaired) electrons. The summed E-state index contributed by atoms with van der Waals surface area (Å²) < 4.78 is 0. The molecule has 1 unspecified atom stereocenters. The van der Waals surface area contributed by atoms with E-state index >= 15 is 0 Å². The fraction of sp³-hybridized carbons (Fsp3) is 0.333. The summed E-state index contributed by atoms with van der Waals surface area (Å²) in [6.45, 7) is 2.12. The van der Waals surface area contributed by atoms with Gasteiger partial charge in [-0.05, 0) is 24.0 Å². The van der Waals surface area contributed by atoms with E-state index in [1.165, 1.54) is 5.56 Å². The van der Waals surface area contributed by atoms with E-state index in [0.717, 1.165) is 30.5 Å². The van der Waals surface area contributed by atoms with Gasteiger partial charge in [-0.2, -0.15) is 5.10 Å². The van der Waals surface area contributed by atoms with Crippen molar-refractivity contribution >= 4 is 11.7 Å². The zero-order valence-corrected chi connectivity index (χ0v) is 10.9. The Morgan fingerprint density at radius 1 is 1.47 bits per heavy atom. The summed E-state index contributed by atoms with van der Waals surface area (Å²) in [6.07, 6.45) is 2.84. The maximum absolute atomic E-state index is 12.2. The molecule has 1 aliphatic rings. The van der Waals surface area contributed by atoms with Crippen LogP contribution in [0.3, 0.4) is 0 Å². The predicted molar refractivity (Wildman–Crippen MR) is 74.1 cm³/mol. The molecular weight excluding hydrogens is 238 g/mol. The third-order valence-corrected chi connectivity index (χ3v) is 3.57. The Labute approximate surface area is 112 Å². The molecule has 98 valence electrons. The number of carbonyl (C=O) groups is 1. The van der Waals surface area contributed by atoms with Crippen molar-refractivity contribution in [1.82, 2.24) is 10.2 Å². The number of aromatic amines is 1. The van der Waals surface area contributed by atoms with Crippen molar-refractivity contribution in [3.8, 4) is 0 Å². The van der Waals surface area contributed by atoms with E-state index in [0.29, 0.717) is 5.82 Å². The number of benzene rings is 1. The van der Waals surface area contributed by atoms with Crippen molar-refractivity contribution in [2.45, 2.75) is 32.1 Å². The smallest absolute Gasteiger partial charge is 0.233 e. The Hall–Kier alpha value is -2.10. The first kappa shape index (κ1) is 12.0. The van der Waals surface area contributed by atoms with Crippen molar-refractivity contribution in [3.05, 3.63) is 47.2 Å². The highest BCUT2D eigenvalue weighted by atomic mass is 16.2. The van der Waals surface area contributed by atoms with Crippen LogP contribution < -0.4 is 5.32 Å². The minimum absolute atomic E-state index is 0.0254. The number of fused-ring (bicyclic) bond motifs is 1. The van der Waals surface area contributed by atoms with E-state index in [4.69, 9.17) is 0 Å². The highest BCUT2D eigenvalue weighted by Crippen LogP contribution is 2.35. The molecule has 0 fully saturated rings. The van der Waals surface area contributed by atoms with Crippen molar-refractivity contribution in [2.75, 3.05) is 5.32 Å². The molecule has 4 heteroatoms. The van der Waals surface area contributed by atoms with Crippen LogP contribution >= 0.6 is 0 Å². The van der Waals surface area contributed by atoms with Crippen molar-refractivity contribution in [1.29, 1.82) is 0 Å². The van der Waals surface area contributed by atoms with Gasteiger partial charge in [-0.1, -0.05) is 37.6 Å². The first-order valence-electron chi connectivity index (χ1n) is 6.71. The molecule has 0 aliphatic heterocycles. The number of carbonyl (C=O) groups excluding carboxylic acids is 1. The van der Waals surface area contributed by atoms with E-state index in [2.05, 4.69) is 28.5 Å². The molecular formula is C15H17N3O. The number of nitrogens with one attached hydrogen (secondary N) is 2. The average molecular weight is 255 g/mol. The summed E-state index contributed by atoms with van der Waals surface area (Å²) >= 11 is 0. The van der Waals surface area contributed by atoms with Gasteiger partial charge in [0.1, 0.15) is 0 Å². The highest BCUT2D eigenvalue weighted by molar-refractivity contribution is 5.97. The van der Waals surface area contributed by atoms with Crippen LogP contribution in [0.5, 0.6) is 0 Å². The zero-order valence-electron chi connectivity index (χ0n) is 10.9. The second kappa shape index (κ2) is 4.88. The molecule has 2 N–H and O–H groups in total. The monoisotopic (exact) mass is 255 g/mol. The van der Waals surface area contributed by atoms with E-state index in [1.54, 1.807) is 0 Å². The molecule has 1 aromatic heterocycles. The Kier molecular flexibility index (Phi) is 3.07. The van der Waals surface area contributed by atoms with E-state index < -0.39 is 0 Å². The van der Waals surface area contributed by atoms with Crippen molar-refractivity contribution in [2.24, 2.45) is 0 Å². The van der Waals surface area contributed by atoms with Crippen LogP contribution in [0.15, 0.2) is 30.3 Å². The number of anilines is 1. The number of nitrogens with zero attached hydrogens (tertiary/aromatic N) is 1. The quantitative estimate of drug-likeness (QED) is 0.882. The maximum atomic E-state index is 12.2. The molecule has 0 saturated heterocycles. The topological polar surface area (TPSA) is 57.8 Å². The fourth-order valence-electron chi connectivity index (χ4n) is 2.53. The number of hydrogen-bond acceptors (Lipinski definition) is 2. The lowest BCUT2D eigenvalue weighted by molar-refractivity contribution is -0.118. The van der Waals surface area contributed by atoms with Gasteiger partial charge < -0.3 is 5.32 Å². The summed E-state index contributed by atoms with van der Waals surface area (Å²) in [7, 11) is 0. The molecule has 1 heterocycles. The van der Waals surface area contributed by atoms with E-state index in [-0.39, 0.29) is 11.8 Å². The van der Waals surface area contributed by atoms with Gasteiger partial charge in [-0.15, -0.1) is 0 Å². The van der Waals surface area contributed by atoms with Crippen LogP contribution in [0.25, 0.3) is 0 Å². The lowest BCUT2D eigenvalue weighted by Gasteiger charge is -2.28. The van der Waals surface area contributed by atoms with Gasteiger partial charge in [0.25, 0.3) is 0 Å². The molecule has 4 nitrogen and oxygen atoms in total. The summed E-state index contributed by atoms with van der Waals surface area (Å²) in [4.78, 5) is 12.2. The Morgan fingerprint density at radius 2 is 2.32 bits per heavy atom. The maximum Gasteiger partial charge on any atom is 0.233 e. The Balaban J connectivity index is 1.66. The van der Waals surface area contributed by atoms with Crippen molar-refractivity contribution in [3.63, 3.8) is 0 Å². The third kappa shape index (κ3) is 2.26. The standard InChI is InChI=1S/C15H17N3O/c1-2-5-11-9-14(18-17-11)16-15(19)13-8-10-6-3-4-7-12(10)13/h3-4,6-7,9,13H,2,5,8H2,1H3,(H2,16,17,18,19). The minimum atomic E-state index is -0.0254. The Bertz CT molecular complexity index is 603. The number of amides is 1. The van der Waals surface area contributed by atoms with Gasteiger partial charge in [0.05, 0.1) is 5.92 Å². The number of rotatable bonds is 4. The summed E-state index contributed by atoms with van der Waals surface area (Å²) in [5, 5.41) is 9.94. The van der Waals surface area contributed by atoms with Gasteiger partial charge >= 0.3 is 0 Å². The molecule has 1 amide bonds. The molecule has 1 aromatic carbocycles. The minimum Gasteiger partial charge on any atom is -0.309 e. The predicted octanol–water partition coefficient (Wildman–Crippen LogP) is 2.64. The van der Waals surface area contributed by atoms with Crippen LogP contribution in [-0.2, 0) is 17.6 Å². The number of hydrogen-bond donors (Lipinski definition) is 2. The molecule has 1 aliphatic carbocycles. The highest BCUT2D eigenvalue weighted by Gasteiger charge is 2.31. The molecule has 3 rings (SSSR count). The normalized spacial score (nSPS) is 16.6. The van der Waals surface area contributed by atoms with Crippen LogP contribution in [0.4, 0.5) is 5.82 Å². The second-order valence-electron chi connectivity index (χ2n) is 4.97. The van der Waals surface area contributed by atoms with Gasteiger partial charge in [-0.3, -0.25) is 9.89 Å². The lowest BCUT2D eigenvalue weighted by Crippen LogP contribution is -2.30. The van der Waals surface area contributed by atoms with Crippen LogP contribution in [0.1, 0.15) is 36.1 Å². The third-order valence-electron chi connectivity index (χ3n) is 3.57. The van der Waals surface area contributed by atoms with Crippen LogP contribution in [0, 0.1) is 0 Å². The number of aryl methyl sites for hydroxylation is 1. The number of aromatic nitrogens is 2. The zero-order chi connectivity index (χ0) is 13.2. The van der Waals surface area contributed by atoms with Gasteiger partial charge in [0.2, 0.25) is 5.91 Å². The number of H-pyrrole nitrogens is 1. The fourth-order valence-corrected chi connectivity index (χ4v) is 2.53. The molecule has 1 atom stereocenters. The van der Waals surface area contributed by atoms with Crippen LogP contribution in [-0.4, -0.2) is 16.1 Å². The first-order valence-corrected chi connectivity index (χ1v) is 6.71. The van der Waals surface area contributed by atoms with Gasteiger partial charge in [0.15, 0.2) is 5.82 Å². The second-order valence-corrected chi connectivity index (χ2v) is 4.97. The SMILES string of the molecule is CCCc1cc(NC(=O)C2Cc3ccccc32)n[nH]1. The van der Waals surface area contributed by atoms with Crippen LogP contribution in [0.2, 0.25) is 0 Å². The van der Waals surface area contributed by atoms with Crippen molar-refractivity contribution < 1.29 is 4.79 Å². The molecule has 0 spiro atoms. The van der Waals surface area contributed by atoms with Gasteiger partial charge in [0, 0.05) is 11.8 Å². The lowest BCUT2D eigenvalue weighted by atomic mass is 9.77. The Morgan fingerprint density at radius 3 is 3.11 bits per heavy atom. The average Bonchev–Trinajstić information content (AvgIpc) is 2.79. The molecule has 2 aromatic rings.